The minimum absolute atomic E-state index is 0.0950. The van der Waals surface area contributed by atoms with Crippen LogP contribution in [0.15, 0.2) is 28.7 Å². The summed E-state index contributed by atoms with van der Waals surface area (Å²) in [7, 11) is 0. The third kappa shape index (κ3) is 4.56. The van der Waals surface area contributed by atoms with Crippen LogP contribution in [0.3, 0.4) is 0 Å². The molecular weight excluding hydrogens is 334 g/mol. The molecule has 0 saturated carbocycles. The number of nitrogens with zero attached hydrogens (tertiary/aromatic N) is 1. The van der Waals surface area contributed by atoms with Crippen LogP contribution in [-0.2, 0) is 9.53 Å². The molecule has 0 aliphatic carbocycles. The van der Waals surface area contributed by atoms with Crippen LogP contribution in [0.2, 0.25) is 0 Å². The Labute approximate surface area is 133 Å². The maximum absolute atomic E-state index is 12.3. The van der Waals surface area contributed by atoms with Crippen molar-refractivity contribution in [3.05, 3.63) is 34.3 Å². The number of hydrogen-bond donors (Lipinski definition) is 0. The lowest BCUT2D eigenvalue weighted by molar-refractivity contribution is -0.139. The third-order valence-corrected chi connectivity index (χ3v) is 4.16. The van der Waals surface area contributed by atoms with E-state index in [1.165, 1.54) is 0 Å². The minimum Gasteiger partial charge on any atom is -0.449 e. The zero-order chi connectivity index (χ0) is 15.2. The highest BCUT2D eigenvalue weighted by atomic mass is 79.9. The van der Waals surface area contributed by atoms with Crippen LogP contribution in [0.5, 0.6) is 0 Å². The lowest BCUT2D eigenvalue weighted by Gasteiger charge is -2.24. The predicted molar refractivity (Wildman–Crippen MR) is 84.1 cm³/mol. The van der Waals surface area contributed by atoms with Gasteiger partial charge in [0.25, 0.3) is 5.91 Å². The van der Waals surface area contributed by atoms with Gasteiger partial charge in [0.1, 0.15) is 0 Å². The highest BCUT2D eigenvalue weighted by molar-refractivity contribution is 9.10. The number of likely N-dealkylation sites (tertiary alicyclic amines) is 1. The van der Waals surface area contributed by atoms with Crippen molar-refractivity contribution < 1.29 is 14.3 Å². The van der Waals surface area contributed by atoms with Gasteiger partial charge in [-0.15, -0.1) is 0 Å². The van der Waals surface area contributed by atoms with Crippen LogP contribution in [0.1, 0.15) is 43.0 Å². The summed E-state index contributed by atoms with van der Waals surface area (Å²) in [6, 6.07) is 6.90. The molecule has 1 heterocycles. The van der Waals surface area contributed by atoms with E-state index in [2.05, 4.69) is 15.9 Å². The van der Waals surface area contributed by atoms with Gasteiger partial charge in [-0.25, -0.2) is 4.79 Å². The first kappa shape index (κ1) is 16.0. The summed E-state index contributed by atoms with van der Waals surface area (Å²) in [5, 5.41) is 0. The molecule has 0 spiro atoms. The Morgan fingerprint density at radius 2 is 1.67 bits per heavy atom. The number of benzene rings is 1. The van der Waals surface area contributed by atoms with E-state index in [4.69, 9.17) is 4.74 Å². The Morgan fingerprint density at radius 1 is 1.10 bits per heavy atom. The van der Waals surface area contributed by atoms with E-state index in [0.717, 1.165) is 43.2 Å². The van der Waals surface area contributed by atoms with Crippen molar-refractivity contribution in [3.63, 3.8) is 0 Å². The van der Waals surface area contributed by atoms with Gasteiger partial charge in [-0.2, -0.15) is 0 Å². The van der Waals surface area contributed by atoms with Gasteiger partial charge >= 0.3 is 5.97 Å². The van der Waals surface area contributed by atoms with Crippen LogP contribution in [0.25, 0.3) is 0 Å². The summed E-state index contributed by atoms with van der Waals surface area (Å²) < 4.78 is 6.18. The summed E-state index contributed by atoms with van der Waals surface area (Å²) in [6.45, 7) is 3.17. The molecule has 5 heteroatoms. The van der Waals surface area contributed by atoms with Crippen LogP contribution in [0.4, 0.5) is 0 Å². The van der Waals surface area contributed by atoms with Gasteiger partial charge in [-0.05, 0) is 44.0 Å². The first-order valence-corrected chi connectivity index (χ1v) is 8.12. The van der Waals surface area contributed by atoms with Gasteiger partial charge in [-0.3, -0.25) is 4.79 Å². The molecule has 1 atom stereocenters. The molecule has 1 aromatic carbocycles. The molecule has 1 unspecified atom stereocenters. The van der Waals surface area contributed by atoms with Crippen molar-refractivity contribution in [2.75, 3.05) is 13.1 Å². The molecule has 1 aromatic rings. The molecule has 21 heavy (non-hydrogen) atoms. The van der Waals surface area contributed by atoms with E-state index in [9.17, 15) is 9.59 Å². The largest absolute Gasteiger partial charge is 0.449 e. The van der Waals surface area contributed by atoms with E-state index in [0.29, 0.717) is 5.56 Å². The second kappa shape index (κ2) is 7.59. The highest BCUT2D eigenvalue weighted by Gasteiger charge is 2.24. The van der Waals surface area contributed by atoms with Gasteiger partial charge in [0.05, 0.1) is 5.56 Å². The molecule has 4 nitrogen and oxygen atoms in total. The van der Waals surface area contributed by atoms with Crippen molar-refractivity contribution in [1.82, 2.24) is 4.90 Å². The lowest BCUT2D eigenvalue weighted by atomic mass is 10.2. The topological polar surface area (TPSA) is 46.6 Å². The van der Waals surface area contributed by atoms with Gasteiger partial charge in [-0.1, -0.05) is 28.8 Å². The van der Waals surface area contributed by atoms with Crippen molar-refractivity contribution in [2.24, 2.45) is 0 Å². The SMILES string of the molecule is CC(OC(=O)c1ccc(Br)cc1)C(=O)N1CCCCCC1. The molecule has 1 saturated heterocycles. The van der Waals surface area contributed by atoms with E-state index in [-0.39, 0.29) is 5.91 Å². The first-order chi connectivity index (χ1) is 10.1. The Morgan fingerprint density at radius 3 is 2.24 bits per heavy atom. The van der Waals surface area contributed by atoms with Crippen LogP contribution >= 0.6 is 15.9 Å². The molecule has 114 valence electrons. The molecule has 0 N–H and O–H groups in total. The standard InChI is InChI=1S/C16H20BrNO3/c1-12(15(19)18-10-4-2-3-5-11-18)21-16(20)13-6-8-14(17)9-7-13/h6-9,12H,2-5,10-11H2,1H3. The second-order valence-electron chi connectivity index (χ2n) is 5.29. The fourth-order valence-electron chi connectivity index (χ4n) is 2.41. The number of rotatable bonds is 3. The minimum atomic E-state index is -0.737. The summed E-state index contributed by atoms with van der Waals surface area (Å²) in [6.07, 6.45) is 3.64. The number of carbonyl (C=O) groups excluding carboxylic acids is 2. The van der Waals surface area contributed by atoms with E-state index < -0.39 is 12.1 Å². The fourth-order valence-corrected chi connectivity index (χ4v) is 2.68. The summed E-state index contributed by atoms with van der Waals surface area (Å²) in [5.41, 5.74) is 0.453. The van der Waals surface area contributed by atoms with Gasteiger partial charge < -0.3 is 9.64 Å². The summed E-state index contributed by atoms with van der Waals surface area (Å²) >= 11 is 3.32. The summed E-state index contributed by atoms with van der Waals surface area (Å²) in [4.78, 5) is 26.1. The van der Waals surface area contributed by atoms with E-state index >= 15 is 0 Å². The number of hydrogen-bond acceptors (Lipinski definition) is 3. The second-order valence-corrected chi connectivity index (χ2v) is 6.21. The molecule has 1 aliphatic heterocycles. The number of amides is 1. The number of esters is 1. The molecule has 0 aromatic heterocycles. The molecule has 0 radical (unpaired) electrons. The van der Waals surface area contributed by atoms with Crippen LogP contribution in [-0.4, -0.2) is 36.0 Å². The molecule has 1 aliphatic rings. The quantitative estimate of drug-likeness (QED) is 0.782. The average Bonchev–Trinajstić information content (AvgIpc) is 2.76. The molecular formula is C16H20BrNO3. The predicted octanol–water partition coefficient (Wildman–Crippen LogP) is 3.40. The van der Waals surface area contributed by atoms with Crippen LogP contribution < -0.4 is 0 Å². The zero-order valence-electron chi connectivity index (χ0n) is 12.2. The van der Waals surface area contributed by atoms with Crippen molar-refractivity contribution in [1.29, 1.82) is 0 Å². The zero-order valence-corrected chi connectivity index (χ0v) is 13.8. The normalized spacial score (nSPS) is 17.0. The maximum atomic E-state index is 12.3. The molecule has 2 rings (SSSR count). The monoisotopic (exact) mass is 353 g/mol. The molecule has 1 amide bonds. The Hall–Kier alpha value is -1.36. The Balaban J connectivity index is 1.93. The van der Waals surface area contributed by atoms with Crippen LogP contribution in [0, 0.1) is 0 Å². The van der Waals surface area contributed by atoms with Crippen molar-refractivity contribution in [3.8, 4) is 0 Å². The van der Waals surface area contributed by atoms with Gasteiger partial charge in [0.15, 0.2) is 6.10 Å². The molecule has 1 fully saturated rings. The van der Waals surface area contributed by atoms with Crippen molar-refractivity contribution in [2.45, 2.75) is 38.7 Å². The fraction of sp³-hybridized carbons (Fsp3) is 0.500. The molecule has 0 bridgehead atoms. The highest BCUT2D eigenvalue weighted by Crippen LogP contribution is 2.14. The summed E-state index contributed by atoms with van der Waals surface area (Å²) in [5.74, 6) is -0.555. The first-order valence-electron chi connectivity index (χ1n) is 7.33. The lowest BCUT2D eigenvalue weighted by Crippen LogP contribution is -2.40. The van der Waals surface area contributed by atoms with E-state index in [1.54, 1.807) is 31.2 Å². The Kier molecular flexibility index (Phi) is 5.79. The number of halogens is 1. The number of ether oxygens (including phenoxy) is 1. The third-order valence-electron chi connectivity index (χ3n) is 3.63. The average molecular weight is 354 g/mol. The van der Waals surface area contributed by atoms with Gasteiger partial charge in [0.2, 0.25) is 0 Å². The van der Waals surface area contributed by atoms with E-state index in [1.807, 2.05) is 4.90 Å². The Bertz CT molecular complexity index is 493. The van der Waals surface area contributed by atoms with Gasteiger partial charge in [0, 0.05) is 17.6 Å². The number of carbonyl (C=O) groups is 2. The smallest absolute Gasteiger partial charge is 0.338 e. The van der Waals surface area contributed by atoms with Crippen molar-refractivity contribution >= 4 is 27.8 Å². The maximum Gasteiger partial charge on any atom is 0.338 e.